The van der Waals surface area contributed by atoms with Gasteiger partial charge in [0.2, 0.25) is 0 Å². The van der Waals surface area contributed by atoms with Crippen molar-refractivity contribution in [2.45, 2.75) is 58.8 Å². The number of hydrogen-bond donors (Lipinski definition) is 0. The highest BCUT2D eigenvalue weighted by Crippen LogP contribution is 2.24. The van der Waals surface area contributed by atoms with Crippen molar-refractivity contribution in [3.05, 3.63) is 23.8 Å². The Morgan fingerprint density at radius 2 is 1.48 bits per heavy atom. The fourth-order valence-electron chi connectivity index (χ4n) is 1.93. The van der Waals surface area contributed by atoms with Gasteiger partial charge >= 0.3 is 0 Å². The molecular weight excluding hydrogens is 296 g/mol. The number of rotatable bonds is 7. The van der Waals surface area contributed by atoms with Crippen LogP contribution >= 0.6 is 0 Å². The largest absolute Gasteiger partial charge is 0.396 e. The van der Waals surface area contributed by atoms with Crippen molar-refractivity contribution in [3.63, 3.8) is 0 Å². The highest BCUT2D eigenvalue weighted by atomic mass is 16.7. The van der Waals surface area contributed by atoms with E-state index in [2.05, 4.69) is 55.2 Å². The molecule has 0 N–H and O–H groups in total. The Morgan fingerprint density at radius 1 is 0.913 bits per heavy atom. The van der Waals surface area contributed by atoms with Gasteiger partial charge in [0.25, 0.3) is 0 Å². The molecule has 0 atom stereocenters. The Kier molecular flexibility index (Phi) is 4.91. The van der Waals surface area contributed by atoms with Gasteiger partial charge in [0.15, 0.2) is 0 Å². The molecule has 0 aliphatic rings. The fourth-order valence-corrected chi connectivity index (χ4v) is 1.93. The molecule has 0 aliphatic carbocycles. The molecule has 0 saturated carbocycles. The van der Waals surface area contributed by atoms with Crippen molar-refractivity contribution in [3.8, 4) is 0 Å². The first-order chi connectivity index (χ1) is 10.7. The Bertz CT molecular complexity index is 626. The van der Waals surface area contributed by atoms with Crippen molar-refractivity contribution in [2.24, 2.45) is 0 Å². The molecule has 2 heterocycles. The number of nitrogens with zero attached hydrogens (tertiary/aromatic N) is 6. The molecule has 0 fully saturated rings. The maximum atomic E-state index is 5.65. The lowest BCUT2D eigenvalue weighted by atomic mass is 9.86. The summed E-state index contributed by atoms with van der Waals surface area (Å²) in [5.41, 5.74) is 1.54. The minimum Gasteiger partial charge on any atom is -0.396 e. The molecule has 0 amide bonds. The standard InChI is InChI=1S/C15H26N6O2/c1-7-22-20-11-13(17-19-20)15(5,6)8-9-23-21-10-12(16-18-21)14(2,3)4/h10-11H,7-9H2,1-6H3. The van der Waals surface area contributed by atoms with E-state index < -0.39 is 0 Å². The number of aromatic nitrogens is 6. The molecule has 0 aliphatic heterocycles. The van der Waals surface area contributed by atoms with Crippen LogP contribution in [0.5, 0.6) is 0 Å². The van der Waals surface area contributed by atoms with Crippen LogP contribution in [0.1, 0.15) is 59.4 Å². The summed E-state index contributed by atoms with van der Waals surface area (Å²) in [7, 11) is 0. The molecule has 0 radical (unpaired) electrons. The van der Waals surface area contributed by atoms with E-state index in [9.17, 15) is 0 Å². The lowest BCUT2D eigenvalue weighted by Gasteiger charge is -2.21. The van der Waals surface area contributed by atoms with Crippen LogP contribution < -0.4 is 9.68 Å². The van der Waals surface area contributed by atoms with Gasteiger partial charge in [-0.15, -0.1) is 10.2 Å². The van der Waals surface area contributed by atoms with Crippen LogP contribution in [0.25, 0.3) is 0 Å². The Labute approximate surface area is 136 Å². The van der Waals surface area contributed by atoms with E-state index in [1.54, 1.807) is 6.20 Å². The SMILES string of the molecule is CCOn1cc(C(C)(C)CCOn2cc(C(C)(C)C)nn2)nn1. The van der Waals surface area contributed by atoms with Gasteiger partial charge < -0.3 is 9.68 Å². The molecule has 8 heteroatoms. The summed E-state index contributed by atoms with van der Waals surface area (Å²) in [6.45, 7) is 13.4. The summed E-state index contributed by atoms with van der Waals surface area (Å²) in [5.74, 6) is 0. The van der Waals surface area contributed by atoms with Gasteiger partial charge in [-0.25, -0.2) is 0 Å². The third-order valence-electron chi connectivity index (χ3n) is 3.62. The minimum absolute atomic E-state index is 0.0430. The van der Waals surface area contributed by atoms with Crippen LogP contribution in [-0.4, -0.2) is 43.5 Å². The molecule has 2 aromatic rings. The minimum atomic E-state index is -0.178. The topological polar surface area (TPSA) is 79.9 Å². The van der Waals surface area contributed by atoms with E-state index in [1.165, 1.54) is 9.69 Å². The zero-order valence-electron chi connectivity index (χ0n) is 14.8. The van der Waals surface area contributed by atoms with Gasteiger partial charge in [0.1, 0.15) is 13.2 Å². The van der Waals surface area contributed by atoms with E-state index in [1.807, 2.05) is 13.1 Å². The van der Waals surface area contributed by atoms with Gasteiger partial charge in [0.05, 0.1) is 23.8 Å². The quantitative estimate of drug-likeness (QED) is 0.767. The summed E-state index contributed by atoms with van der Waals surface area (Å²) in [4.78, 5) is 13.7. The second-order valence-electron chi connectivity index (χ2n) is 7.15. The van der Waals surface area contributed by atoms with E-state index in [0.717, 1.165) is 17.8 Å². The molecular formula is C15H26N6O2. The highest BCUT2D eigenvalue weighted by molar-refractivity contribution is 5.08. The number of hydrogen-bond acceptors (Lipinski definition) is 6. The fraction of sp³-hybridized carbons (Fsp3) is 0.733. The molecule has 0 bridgehead atoms. The lowest BCUT2D eigenvalue weighted by molar-refractivity contribution is 0.0668. The Hall–Kier alpha value is -2.12. The average molecular weight is 322 g/mol. The molecule has 23 heavy (non-hydrogen) atoms. The third-order valence-corrected chi connectivity index (χ3v) is 3.62. The Balaban J connectivity index is 1.90. The normalized spacial score (nSPS) is 12.4. The van der Waals surface area contributed by atoms with Crippen LogP contribution in [0.15, 0.2) is 12.4 Å². The molecule has 0 saturated heterocycles. The van der Waals surface area contributed by atoms with E-state index in [0.29, 0.717) is 13.2 Å². The smallest absolute Gasteiger partial charge is 0.118 e. The van der Waals surface area contributed by atoms with Crippen LogP contribution in [0.3, 0.4) is 0 Å². The summed E-state index contributed by atoms with van der Waals surface area (Å²) in [6, 6.07) is 0. The lowest BCUT2D eigenvalue weighted by Crippen LogP contribution is -2.24. The zero-order valence-corrected chi connectivity index (χ0v) is 14.8. The highest BCUT2D eigenvalue weighted by Gasteiger charge is 2.25. The molecule has 8 nitrogen and oxygen atoms in total. The van der Waals surface area contributed by atoms with Gasteiger partial charge in [-0.2, -0.15) is 0 Å². The van der Waals surface area contributed by atoms with Crippen LogP contribution in [-0.2, 0) is 10.8 Å². The monoisotopic (exact) mass is 322 g/mol. The average Bonchev–Trinajstić information content (AvgIpc) is 3.07. The maximum Gasteiger partial charge on any atom is 0.118 e. The first-order valence-corrected chi connectivity index (χ1v) is 7.84. The summed E-state index contributed by atoms with van der Waals surface area (Å²) < 4.78 is 0. The van der Waals surface area contributed by atoms with Gasteiger partial charge in [0, 0.05) is 10.8 Å². The van der Waals surface area contributed by atoms with Crippen molar-refractivity contribution >= 4 is 0 Å². The van der Waals surface area contributed by atoms with E-state index in [-0.39, 0.29) is 10.8 Å². The van der Waals surface area contributed by atoms with Crippen LogP contribution in [0, 0.1) is 0 Å². The predicted octanol–water partition coefficient (Wildman–Crippen LogP) is 1.41. The summed E-state index contributed by atoms with van der Waals surface area (Å²) in [6.07, 6.45) is 4.39. The van der Waals surface area contributed by atoms with E-state index in [4.69, 9.17) is 9.68 Å². The van der Waals surface area contributed by atoms with Gasteiger partial charge in [-0.05, 0) is 23.8 Å². The van der Waals surface area contributed by atoms with Gasteiger partial charge in [-0.1, -0.05) is 44.3 Å². The Morgan fingerprint density at radius 3 is 2.04 bits per heavy atom. The van der Waals surface area contributed by atoms with Crippen molar-refractivity contribution in [2.75, 3.05) is 13.2 Å². The second kappa shape index (κ2) is 6.55. The van der Waals surface area contributed by atoms with Crippen molar-refractivity contribution < 1.29 is 9.68 Å². The first-order valence-electron chi connectivity index (χ1n) is 7.84. The summed E-state index contributed by atoms with van der Waals surface area (Å²) in [5, 5.41) is 16.2. The molecule has 0 aromatic carbocycles. The van der Waals surface area contributed by atoms with Crippen molar-refractivity contribution in [1.29, 1.82) is 0 Å². The van der Waals surface area contributed by atoms with Crippen LogP contribution in [0.2, 0.25) is 0 Å². The zero-order chi connectivity index (χ0) is 17.1. The first kappa shape index (κ1) is 17.2. The second-order valence-corrected chi connectivity index (χ2v) is 7.15. The summed E-state index contributed by atoms with van der Waals surface area (Å²) >= 11 is 0. The van der Waals surface area contributed by atoms with Crippen molar-refractivity contribution in [1.82, 2.24) is 30.3 Å². The molecule has 2 rings (SSSR count). The molecule has 0 unspecified atom stereocenters. The third kappa shape index (κ3) is 4.43. The molecule has 0 spiro atoms. The van der Waals surface area contributed by atoms with Gasteiger partial charge in [-0.3, -0.25) is 0 Å². The predicted molar refractivity (Wildman–Crippen MR) is 85.0 cm³/mol. The molecule has 2 aromatic heterocycles. The molecule has 128 valence electrons. The van der Waals surface area contributed by atoms with E-state index >= 15 is 0 Å². The maximum absolute atomic E-state index is 5.65. The van der Waals surface area contributed by atoms with Crippen LogP contribution in [0.4, 0.5) is 0 Å².